The van der Waals surface area contributed by atoms with Crippen molar-refractivity contribution in [3.63, 3.8) is 0 Å². The number of nitro benzene ring substituents is 1. The first-order chi connectivity index (χ1) is 10.7. The molecule has 1 aromatic rings. The standard InChI is InChI=1S/C12H16N2O7S2/c1-21-11-4-3-8(7-10(11)14(17)18)23(19,20)13-9(12(15)16)5-6-22-2/h3-4,7,9,13H,5-6H2,1-2H3,(H,15,16)/t9-/m0/s1. The number of sulfonamides is 1. The monoisotopic (exact) mass is 364 g/mol. The van der Waals surface area contributed by atoms with Gasteiger partial charge in [0.05, 0.1) is 16.9 Å². The maximum Gasteiger partial charge on any atom is 0.321 e. The smallest absolute Gasteiger partial charge is 0.321 e. The van der Waals surface area contributed by atoms with E-state index in [1.807, 2.05) is 4.72 Å². The number of carbonyl (C=O) groups is 1. The molecule has 0 aliphatic heterocycles. The summed E-state index contributed by atoms with van der Waals surface area (Å²) in [6.07, 6.45) is 1.86. The number of hydrogen-bond donors (Lipinski definition) is 2. The number of carboxylic acid groups (broad SMARTS) is 1. The summed E-state index contributed by atoms with van der Waals surface area (Å²) < 4.78 is 31.3. The summed E-state index contributed by atoms with van der Waals surface area (Å²) in [6.45, 7) is 0. The van der Waals surface area contributed by atoms with Gasteiger partial charge in [0.25, 0.3) is 0 Å². The minimum atomic E-state index is -4.22. The Morgan fingerprint density at radius 1 is 1.52 bits per heavy atom. The van der Waals surface area contributed by atoms with Crippen molar-refractivity contribution in [1.29, 1.82) is 0 Å². The Hall–Kier alpha value is -1.85. The van der Waals surface area contributed by atoms with Gasteiger partial charge in [0, 0.05) is 6.07 Å². The van der Waals surface area contributed by atoms with E-state index in [0.717, 1.165) is 18.2 Å². The number of nitrogens with zero attached hydrogens (tertiary/aromatic N) is 1. The largest absolute Gasteiger partial charge is 0.490 e. The first kappa shape index (κ1) is 19.2. The number of thioether (sulfide) groups is 1. The lowest BCUT2D eigenvalue weighted by molar-refractivity contribution is -0.386. The van der Waals surface area contributed by atoms with Crippen LogP contribution in [0.4, 0.5) is 5.69 Å². The van der Waals surface area contributed by atoms with Crippen molar-refractivity contribution >= 4 is 33.4 Å². The van der Waals surface area contributed by atoms with E-state index in [1.165, 1.54) is 18.9 Å². The molecule has 128 valence electrons. The molecule has 0 heterocycles. The molecule has 0 amide bonds. The molecule has 1 atom stereocenters. The van der Waals surface area contributed by atoms with Gasteiger partial charge in [-0.05, 0) is 30.6 Å². The fourth-order valence-electron chi connectivity index (χ4n) is 1.70. The van der Waals surface area contributed by atoms with E-state index in [2.05, 4.69) is 0 Å². The molecule has 0 bridgehead atoms. The van der Waals surface area contributed by atoms with E-state index in [9.17, 15) is 23.3 Å². The lowest BCUT2D eigenvalue weighted by Crippen LogP contribution is -2.41. The lowest BCUT2D eigenvalue weighted by atomic mass is 10.2. The van der Waals surface area contributed by atoms with Gasteiger partial charge < -0.3 is 9.84 Å². The number of hydrogen-bond acceptors (Lipinski definition) is 7. The van der Waals surface area contributed by atoms with E-state index in [-0.39, 0.29) is 12.2 Å². The third-order valence-corrected chi connectivity index (χ3v) is 4.98. The Labute approximate surface area is 137 Å². The minimum absolute atomic E-state index is 0.0912. The number of rotatable bonds is 9. The lowest BCUT2D eigenvalue weighted by Gasteiger charge is -2.14. The molecule has 0 spiro atoms. The minimum Gasteiger partial charge on any atom is -0.490 e. The Morgan fingerprint density at radius 2 is 2.17 bits per heavy atom. The molecular weight excluding hydrogens is 348 g/mol. The number of aliphatic carboxylic acids is 1. The molecular formula is C12H16N2O7S2. The van der Waals surface area contributed by atoms with Crippen molar-refractivity contribution in [3.8, 4) is 5.75 Å². The van der Waals surface area contributed by atoms with Gasteiger partial charge in [0.2, 0.25) is 10.0 Å². The molecule has 0 fully saturated rings. The summed E-state index contributed by atoms with van der Waals surface area (Å²) in [5.41, 5.74) is -0.522. The highest BCUT2D eigenvalue weighted by atomic mass is 32.2. The highest BCUT2D eigenvalue weighted by Crippen LogP contribution is 2.29. The predicted octanol–water partition coefficient (Wildman–Crippen LogP) is 1.09. The number of benzene rings is 1. The predicted molar refractivity (Wildman–Crippen MR) is 84.4 cm³/mol. The SMILES string of the molecule is COc1ccc(S(=O)(=O)N[C@@H](CCSC)C(=O)O)cc1[N+](=O)[O-]. The highest BCUT2D eigenvalue weighted by molar-refractivity contribution is 7.98. The van der Waals surface area contributed by atoms with Crippen LogP contribution in [0.1, 0.15) is 6.42 Å². The molecule has 2 N–H and O–H groups in total. The van der Waals surface area contributed by atoms with Crippen LogP contribution in [0.25, 0.3) is 0 Å². The second-order valence-corrected chi connectivity index (χ2v) is 7.08. The summed E-state index contributed by atoms with van der Waals surface area (Å²) in [5, 5.41) is 20.0. The summed E-state index contributed by atoms with van der Waals surface area (Å²) >= 11 is 1.38. The van der Waals surface area contributed by atoms with Crippen LogP contribution in [0.5, 0.6) is 5.75 Å². The maximum absolute atomic E-state index is 12.2. The van der Waals surface area contributed by atoms with Crippen molar-refractivity contribution in [1.82, 2.24) is 4.72 Å². The first-order valence-corrected chi connectivity index (χ1v) is 9.17. The van der Waals surface area contributed by atoms with Crippen molar-refractivity contribution in [2.24, 2.45) is 0 Å². The van der Waals surface area contributed by atoms with Crippen LogP contribution in [-0.2, 0) is 14.8 Å². The summed E-state index contributed by atoms with van der Waals surface area (Å²) in [4.78, 5) is 20.9. The van der Waals surface area contributed by atoms with E-state index in [0.29, 0.717) is 5.75 Å². The zero-order chi connectivity index (χ0) is 17.6. The Kier molecular flexibility index (Phi) is 6.79. The number of ether oxygens (including phenoxy) is 1. The Balaban J connectivity index is 3.14. The number of nitro groups is 1. The third-order valence-electron chi connectivity index (χ3n) is 2.86. The highest BCUT2D eigenvalue weighted by Gasteiger charge is 2.27. The van der Waals surface area contributed by atoms with Crippen molar-refractivity contribution in [3.05, 3.63) is 28.3 Å². The molecule has 0 saturated heterocycles. The van der Waals surface area contributed by atoms with Gasteiger partial charge in [0.1, 0.15) is 6.04 Å². The molecule has 0 unspecified atom stereocenters. The van der Waals surface area contributed by atoms with Gasteiger partial charge >= 0.3 is 11.7 Å². The zero-order valence-electron chi connectivity index (χ0n) is 12.4. The van der Waals surface area contributed by atoms with Gasteiger partial charge in [-0.3, -0.25) is 14.9 Å². The molecule has 0 aliphatic rings. The van der Waals surface area contributed by atoms with Gasteiger partial charge in [-0.15, -0.1) is 0 Å². The van der Waals surface area contributed by atoms with E-state index in [1.54, 1.807) is 6.26 Å². The average Bonchev–Trinajstić information content (AvgIpc) is 2.50. The van der Waals surface area contributed by atoms with Crippen LogP contribution in [0, 0.1) is 10.1 Å². The fraction of sp³-hybridized carbons (Fsp3) is 0.417. The van der Waals surface area contributed by atoms with Gasteiger partial charge in [-0.2, -0.15) is 16.5 Å². The van der Waals surface area contributed by atoms with Crippen LogP contribution in [0.3, 0.4) is 0 Å². The first-order valence-electron chi connectivity index (χ1n) is 6.29. The molecule has 23 heavy (non-hydrogen) atoms. The number of methoxy groups -OCH3 is 1. The van der Waals surface area contributed by atoms with Gasteiger partial charge in [-0.25, -0.2) is 8.42 Å². The van der Waals surface area contributed by atoms with Crippen molar-refractivity contribution in [2.75, 3.05) is 19.1 Å². The Bertz CT molecular complexity index is 691. The molecule has 9 nitrogen and oxygen atoms in total. The summed E-state index contributed by atoms with van der Waals surface area (Å²) in [7, 11) is -3.00. The second-order valence-electron chi connectivity index (χ2n) is 4.38. The van der Waals surface area contributed by atoms with Crippen LogP contribution < -0.4 is 9.46 Å². The van der Waals surface area contributed by atoms with Crippen LogP contribution in [0.15, 0.2) is 23.1 Å². The zero-order valence-corrected chi connectivity index (χ0v) is 14.0. The third kappa shape index (κ3) is 5.08. The molecule has 11 heteroatoms. The second kappa shape index (κ2) is 8.13. The van der Waals surface area contributed by atoms with E-state index < -0.39 is 37.5 Å². The van der Waals surface area contributed by atoms with Crippen molar-refractivity contribution in [2.45, 2.75) is 17.4 Å². The molecule has 0 aliphatic carbocycles. The maximum atomic E-state index is 12.2. The molecule has 1 rings (SSSR count). The molecule has 1 aromatic carbocycles. The summed E-state index contributed by atoms with van der Waals surface area (Å²) in [6, 6.07) is 1.77. The van der Waals surface area contributed by atoms with Crippen LogP contribution in [0.2, 0.25) is 0 Å². The quantitative estimate of drug-likeness (QED) is 0.491. The average molecular weight is 364 g/mol. The Morgan fingerprint density at radius 3 is 2.65 bits per heavy atom. The van der Waals surface area contributed by atoms with Gasteiger partial charge in [-0.1, -0.05) is 0 Å². The molecule has 0 aromatic heterocycles. The van der Waals surface area contributed by atoms with E-state index in [4.69, 9.17) is 9.84 Å². The molecule has 0 radical (unpaired) electrons. The number of nitrogens with one attached hydrogen (secondary N) is 1. The van der Waals surface area contributed by atoms with Gasteiger partial charge in [0.15, 0.2) is 5.75 Å². The number of carboxylic acids is 1. The summed E-state index contributed by atoms with van der Waals surface area (Å²) in [5.74, 6) is -0.959. The van der Waals surface area contributed by atoms with Crippen LogP contribution in [-0.4, -0.2) is 49.6 Å². The van der Waals surface area contributed by atoms with E-state index >= 15 is 0 Å². The van der Waals surface area contributed by atoms with Crippen molar-refractivity contribution < 1.29 is 28.0 Å². The fourth-order valence-corrected chi connectivity index (χ4v) is 3.42. The normalized spacial score (nSPS) is 12.6. The van der Waals surface area contributed by atoms with Crippen LogP contribution >= 0.6 is 11.8 Å². The molecule has 0 saturated carbocycles. The topological polar surface area (TPSA) is 136 Å².